The molecular weight excluding hydrogens is 202 g/mol. The highest BCUT2D eigenvalue weighted by atomic mass is 16.5. The fourth-order valence-corrected chi connectivity index (χ4v) is 1.92. The number of ether oxygens (including phenoxy) is 2. The summed E-state index contributed by atoms with van der Waals surface area (Å²) in [5, 5.41) is 0. The highest BCUT2D eigenvalue weighted by Crippen LogP contribution is 2.29. The fraction of sp³-hybridized carbons (Fsp3) is 0.538. The van der Waals surface area contributed by atoms with E-state index in [9.17, 15) is 0 Å². The van der Waals surface area contributed by atoms with E-state index in [0.717, 1.165) is 5.75 Å². The van der Waals surface area contributed by atoms with Crippen molar-refractivity contribution < 1.29 is 9.47 Å². The standard InChI is InChI=1S/C13H21NO2/c1-9-10(2)12(15-5)8-7-11(9)13(16-6)14(3)4/h7-8,13H,1-6H3. The largest absolute Gasteiger partial charge is 0.496 e. The summed E-state index contributed by atoms with van der Waals surface area (Å²) < 4.78 is 10.8. The summed E-state index contributed by atoms with van der Waals surface area (Å²) in [4.78, 5) is 2.05. The van der Waals surface area contributed by atoms with Gasteiger partial charge in [-0.3, -0.25) is 4.90 Å². The number of rotatable bonds is 4. The molecule has 0 radical (unpaired) electrons. The molecular formula is C13H21NO2. The lowest BCUT2D eigenvalue weighted by Gasteiger charge is -2.25. The maximum atomic E-state index is 5.49. The van der Waals surface area contributed by atoms with Crippen molar-refractivity contribution >= 4 is 0 Å². The average molecular weight is 223 g/mol. The molecule has 0 heterocycles. The Labute approximate surface area is 98.0 Å². The first kappa shape index (κ1) is 13.0. The van der Waals surface area contributed by atoms with Crippen LogP contribution in [0.25, 0.3) is 0 Å². The molecule has 0 saturated heterocycles. The van der Waals surface area contributed by atoms with Gasteiger partial charge in [0.05, 0.1) is 7.11 Å². The number of nitrogens with zero attached hydrogens (tertiary/aromatic N) is 1. The molecule has 0 aromatic heterocycles. The van der Waals surface area contributed by atoms with Crippen LogP contribution in [0, 0.1) is 13.8 Å². The topological polar surface area (TPSA) is 21.7 Å². The average Bonchev–Trinajstić information content (AvgIpc) is 2.25. The van der Waals surface area contributed by atoms with Gasteiger partial charge in [-0.2, -0.15) is 0 Å². The minimum Gasteiger partial charge on any atom is -0.496 e. The summed E-state index contributed by atoms with van der Waals surface area (Å²) >= 11 is 0. The first-order valence-corrected chi connectivity index (χ1v) is 5.36. The Balaban J connectivity index is 3.20. The van der Waals surface area contributed by atoms with Gasteiger partial charge in [-0.05, 0) is 50.7 Å². The van der Waals surface area contributed by atoms with Crippen molar-refractivity contribution in [2.45, 2.75) is 20.1 Å². The summed E-state index contributed by atoms with van der Waals surface area (Å²) in [6, 6.07) is 4.06. The molecule has 0 spiro atoms. The van der Waals surface area contributed by atoms with Crippen LogP contribution >= 0.6 is 0 Å². The second-order valence-electron chi connectivity index (χ2n) is 4.16. The van der Waals surface area contributed by atoms with Crippen molar-refractivity contribution in [3.63, 3.8) is 0 Å². The van der Waals surface area contributed by atoms with Crippen molar-refractivity contribution in [1.29, 1.82) is 0 Å². The molecule has 0 bridgehead atoms. The third-order valence-corrected chi connectivity index (χ3v) is 2.96. The Hall–Kier alpha value is -1.06. The van der Waals surface area contributed by atoms with Crippen LogP contribution in [-0.2, 0) is 4.74 Å². The number of benzene rings is 1. The molecule has 0 aliphatic carbocycles. The summed E-state index contributed by atoms with van der Waals surface area (Å²) in [5.74, 6) is 0.926. The molecule has 1 aromatic rings. The molecule has 0 N–H and O–H groups in total. The van der Waals surface area contributed by atoms with Crippen LogP contribution in [0.4, 0.5) is 0 Å². The maximum absolute atomic E-state index is 5.49. The maximum Gasteiger partial charge on any atom is 0.136 e. The van der Waals surface area contributed by atoms with Crippen LogP contribution < -0.4 is 4.74 Å². The molecule has 1 aromatic carbocycles. The lowest BCUT2D eigenvalue weighted by molar-refractivity contribution is -0.00591. The van der Waals surface area contributed by atoms with Crippen LogP contribution in [0.1, 0.15) is 22.9 Å². The number of methoxy groups -OCH3 is 2. The molecule has 0 saturated carbocycles. The Morgan fingerprint density at radius 3 is 2.12 bits per heavy atom. The molecule has 0 amide bonds. The zero-order chi connectivity index (χ0) is 12.3. The van der Waals surface area contributed by atoms with Gasteiger partial charge in [-0.15, -0.1) is 0 Å². The van der Waals surface area contributed by atoms with Gasteiger partial charge < -0.3 is 9.47 Å². The molecule has 1 unspecified atom stereocenters. The van der Waals surface area contributed by atoms with E-state index >= 15 is 0 Å². The molecule has 0 fully saturated rings. The SMILES string of the molecule is COc1ccc(C(OC)N(C)C)c(C)c1C. The van der Waals surface area contributed by atoms with E-state index in [-0.39, 0.29) is 6.23 Å². The van der Waals surface area contributed by atoms with Crippen LogP contribution in [0.3, 0.4) is 0 Å². The second kappa shape index (κ2) is 5.32. The summed E-state index contributed by atoms with van der Waals surface area (Å²) in [6.07, 6.45) is -0.00962. The minimum atomic E-state index is -0.00962. The lowest BCUT2D eigenvalue weighted by atomic mass is 10.0. The molecule has 3 nitrogen and oxygen atoms in total. The molecule has 1 atom stereocenters. The summed E-state index contributed by atoms with van der Waals surface area (Å²) in [6.45, 7) is 4.17. The van der Waals surface area contributed by atoms with Crippen LogP contribution in [0.5, 0.6) is 5.75 Å². The van der Waals surface area contributed by atoms with E-state index < -0.39 is 0 Å². The van der Waals surface area contributed by atoms with Gasteiger partial charge in [0, 0.05) is 7.11 Å². The third-order valence-electron chi connectivity index (χ3n) is 2.96. The highest BCUT2D eigenvalue weighted by molar-refractivity contribution is 5.44. The van der Waals surface area contributed by atoms with E-state index in [2.05, 4.69) is 19.9 Å². The Morgan fingerprint density at radius 2 is 1.69 bits per heavy atom. The van der Waals surface area contributed by atoms with E-state index in [1.807, 2.05) is 25.1 Å². The monoisotopic (exact) mass is 223 g/mol. The zero-order valence-electron chi connectivity index (χ0n) is 11.0. The summed E-state index contributed by atoms with van der Waals surface area (Å²) in [7, 11) is 7.44. The molecule has 90 valence electrons. The lowest BCUT2D eigenvalue weighted by Crippen LogP contribution is -2.22. The van der Waals surface area contributed by atoms with Gasteiger partial charge in [-0.1, -0.05) is 6.07 Å². The Bertz CT molecular complexity index is 361. The molecule has 16 heavy (non-hydrogen) atoms. The number of hydrogen-bond donors (Lipinski definition) is 0. The van der Waals surface area contributed by atoms with E-state index in [1.165, 1.54) is 16.7 Å². The smallest absolute Gasteiger partial charge is 0.136 e. The van der Waals surface area contributed by atoms with Gasteiger partial charge >= 0.3 is 0 Å². The first-order chi connectivity index (χ1) is 7.52. The van der Waals surface area contributed by atoms with Crippen molar-refractivity contribution in [1.82, 2.24) is 4.90 Å². The highest BCUT2D eigenvalue weighted by Gasteiger charge is 2.17. The molecule has 3 heteroatoms. The van der Waals surface area contributed by atoms with Gasteiger partial charge in [0.25, 0.3) is 0 Å². The first-order valence-electron chi connectivity index (χ1n) is 5.36. The molecule has 1 rings (SSSR count). The predicted octanol–water partition coefficient (Wildman–Crippen LogP) is 2.52. The normalized spacial score (nSPS) is 12.9. The van der Waals surface area contributed by atoms with Crippen LogP contribution in [0.2, 0.25) is 0 Å². The predicted molar refractivity (Wildman–Crippen MR) is 65.9 cm³/mol. The Kier molecular flexibility index (Phi) is 4.33. The van der Waals surface area contributed by atoms with E-state index in [4.69, 9.17) is 9.47 Å². The van der Waals surface area contributed by atoms with Crippen LogP contribution in [0.15, 0.2) is 12.1 Å². The quantitative estimate of drug-likeness (QED) is 0.732. The third kappa shape index (κ3) is 2.36. The van der Waals surface area contributed by atoms with Crippen molar-refractivity contribution in [2.75, 3.05) is 28.3 Å². The van der Waals surface area contributed by atoms with Gasteiger partial charge in [0.2, 0.25) is 0 Å². The van der Waals surface area contributed by atoms with Crippen molar-refractivity contribution in [3.8, 4) is 5.75 Å². The van der Waals surface area contributed by atoms with E-state index in [1.54, 1.807) is 14.2 Å². The molecule has 0 aliphatic rings. The van der Waals surface area contributed by atoms with Crippen molar-refractivity contribution in [3.05, 3.63) is 28.8 Å². The van der Waals surface area contributed by atoms with Gasteiger partial charge in [-0.25, -0.2) is 0 Å². The van der Waals surface area contributed by atoms with Crippen molar-refractivity contribution in [2.24, 2.45) is 0 Å². The second-order valence-corrected chi connectivity index (χ2v) is 4.16. The van der Waals surface area contributed by atoms with Gasteiger partial charge in [0.15, 0.2) is 0 Å². The fourth-order valence-electron chi connectivity index (χ4n) is 1.92. The number of hydrogen-bond acceptors (Lipinski definition) is 3. The van der Waals surface area contributed by atoms with Crippen LogP contribution in [-0.4, -0.2) is 33.2 Å². The molecule has 0 aliphatic heterocycles. The Morgan fingerprint density at radius 1 is 1.06 bits per heavy atom. The summed E-state index contributed by atoms with van der Waals surface area (Å²) in [5.41, 5.74) is 3.58. The van der Waals surface area contributed by atoms with Gasteiger partial charge in [0.1, 0.15) is 12.0 Å². The van der Waals surface area contributed by atoms with E-state index in [0.29, 0.717) is 0 Å². The zero-order valence-corrected chi connectivity index (χ0v) is 11.0. The minimum absolute atomic E-state index is 0.00962.